The van der Waals surface area contributed by atoms with Gasteiger partial charge in [0.25, 0.3) is 0 Å². The minimum Gasteiger partial charge on any atom is -0.284 e. The molecule has 0 fully saturated rings. The molecule has 1 aliphatic rings. The van der Waals surface area contributed by atoms with E-state index < -0.39 is 6.30 Å². The third-order valence-corrected chi connectivity index (χ3v) is 2.05. The maximum absolute atomic E-state index is 13.1. The van der Waals surface area contributed by atoms with E-state index in [4.69, 9.17) is 0 Å². The third-order valence-electron chi connectivity index (χ3n) is 2.05. The molecule has 2 heteroatoms. The van der Waals surface area contributed by atoms with Crippen LogP contribution < -0.4 is 5.32 Å². The van der Waals surface area contributed by atoms with Crippen molar-refractivity contribution in [3.05, 3.63) is 35.4 Å². The van der Waals surface area contributed by atoms with Gasteiger partial charge >= 0.3 is 0 Å². The number of fused-ring (bicyclic) bond motifs is 1. The van der Waals surface area contributed by atoms with Crippen LogP contribution in [0.1, 0.15) is 17.4 Å². The third kappa shape index (κ3) is 1.14. The summed E-state index contributed by atoms with van der Waals surface area (Å²) in [4.78, 5) is 0. The lowest BCUT2D eigenvalue weighted by Gasteiger charge is -2.20. The van der Waals surface area contributed by atoms with Gasteiger partial charge in [-0.1, -0.05) is 24.3 Å². The van der Waals surface area contributed by atoms with E-state index >= 15 is 0 Å². The van der Waals surface area contributed by atoms with Crippen LogP contribution in [0.15, 0.2) is 24.3 Å². The van der Waals surface area contributed by atoms with E-state index in [9.17, 15) is 4.39 Å². The van der Waals surface area contributed by atoms with Crippen molar-refractivity contribution in [1.82, 2.24) is 5.32 Å². The molecule has 1 aromatic carbocycles. The number of nitrogens with one attached hydrogen (secondary N) is 1. The Bertz CT molecular complexity index is 259. The molecule has 0 saturated carbocycles. The smallest absolute Gasteiger partial charge is 0.177 e. The normalized spacial score (nSPS) is 22.8. The summed E-state index contributed by atoms with van der Waals surface area (Å²) in [7, 11) is 0. The first-order chi connectivity index (χ1) is 5.38. The highest BCUT2D eigenvalue weighted by Crippen LogP contribution is 2.22. The molecule has 1 nitrogen and oxygen atoms in total. The van der Waals surface area contributed by atoms with Crippen molar-refractivity contribution in [2.75, 3.05) is 6.54 Å². The molecule has 1 N–H and O–H groups in total. The van der Waals surface area contributed by atoms with Crippen molar-refractivity contribution in [3.63, 3.8) is 0 Å². The van der Waals surface area contributed by atoms with Crippen molar-refractivity contribution >= 4 is 0 Å². The number of halogens is 1. The molecule has 11 heavy (non-hydrogen) atoms. The first-order valence-corrected chi connectivity index (χ1v) is 3.83. The topological polar surface area (TPSA) is 12.0 Å². The molecular formula is C9H10FN. The van der Waals surface area contributed by atoms with E-state index in [1.54, 1.807) is 0 Å². The second-order valence-corrected chi connectivity index (χ2v) is 2.77. The highest BCUT2D eigenvalue weighted by molar-refractivity contribution is 5.30. The van der Waals surface area contributed by atoms with Crippen molar-refractivity contribution in [2.45, 2.75) is 12.7 Å². The van der Waals surface area contributed by atoms with Crippen molar-refractivity contribution in [2.24, 2.45) is 0 Å². The molecule has 0 aliphatic carbocycles. The van der Waals surface area contributed by atoms with Crippen molar-refractivity contribution in [3.8, 4) is 0 Å². The zero-order valence-electron chi connectivity index (χ0n) is 6.18. The molecule has 1 aromatic rings. The molecular weight excluding hydrogens is 141 g/mol. The van der Waals surface area contributed by atoms with Gasteiger partial charge in [-0.05, 0) is 12.0 Å². The van der Waals surface area contributed by atoms with E-state index in [0.29, 0.717) is 0 Å². The molecule has 2 rings (SSSR count). The van der Waals surface area contributed by atoms with Gasteiger partial charge in [0.15, 0.2) is 6.30 Å². The molecule has 0 bridgehead atoms. The van der Waals surface area contributed by atoms with Gasteiger partial charge in [0.2, 0.25) is 0 Å². The quantitative estimate of drug-likeness (QED) is 0.557. The number of benzene rings is 1. The fourth-order valence-electron chi connectivity index (χ4n) is 1.45. The van der Waals surface area contributed by atoms with Crippen molar-refractivity contribution < 1.29 is 4.39 Å². The predicted octanol–water partition coefficient (Wildman–Crippen LogP) is 1.80. The van der Waals surface area contributed by atoms with E-state index in [2.05, 4.69) is 5.32 Å². The number of hydrogen-bond acceptors (Lipinski definition) is 1. The van der Waals surface area contributed by atoms with Gasteiger partial charge in [-0.3, -0.25) is 5.32 Å². The summed E-state index contributed by atoms with van der Waals surface area (Å²) in [5.41, 5.74) is 1.94. The second kappa shape index (κ2) is 2.62. The van der Waals surface area contributed by atoms with Gasteiger partial charge in [0, 0.05) is 12.1 Å². The van der Waals surface area contributed by atoms with Crippen LogP contribution in [-0.4, -0.2) is 6.54 Å². The summed E-state index contributed by atoms with van der Waals surface area (Å²) >= 11 is 0. The molecule has 1 aliphatic heterocycles. The molecule has 0 amide bonds. The summed E-state index contributed by atoms with van der Waals surface area (Å²) in [5, 5.41) is 2.77. The summed E-state index contributed by atoms with van der Waals surface area (Å²) in [6, 6.07) is 7.66. The molecule has 58 valence electrons. The summed E-state index contributed by atoms with van der Waals surface area (Å²) < 4.78 is 13.1. The summed E-state index contributed by atoms with van der Waals surface area (Å²) in [5.74, 6) is 0. The fraction of sp³-hybridized carbons (Fsp3) is 0.333. The summed E-state index contributed by atoms with van der Waals surface area (Å²) in [6.07, 6.45) is -0.0173. The monoisotopic (exact) mass is 151 g/mol. The van der Waals surface area contributed by atoms with E-state index in [-0.39, 0.29) is 0 Å². The molecule has 1 heterocycles. The molecule has 1 unspecified atom stereocenters. The molecule has 1 atom stereocenters. The Morgan fingerprint density at radius 1 is 1.36 bits per heavy atom. The highest BCUT2D eigenvalue weighted by Gasteiger charge is 2.16. The van der Waals surface area contributed by atoms with Gasteiger partial charge in [-0.15, -0.1) is 0 Å². The fourth-order valence-corrected chi connectivity index (χ4v) is 1.45. The first-order valence-electron chi connectivity index (χ1n) is 3.83. The van der Waals surface area contributed by atoms with E-state index in [0.717, 1.165) is 24.1 Å². The summed E-state index contributed by atoms with van der Waals surface area (Å²) in [6.45, 7) is 0.748. The largest absolute Gasteiger partial charge is 0.284 e. The van der Waals surface area contributed by atoms with Crippen LogP contribution in [-0.2, 0) is 6.42 Å². The Labute approximate surface area is 65.2 Å². The van der Waals surface area contributed by atoms with Gasteiger partial charge in [0.05, 0.1) is 0 Å². The van der Waals surface area contributed by atoms with E-state index in [1.165, 1.54) is 0 Å². The average molecular weight is 151 g/mol. The lowest BCUT2D eigenvalue weighted by Crippen LogP contribution is -2.26. The van der Waals surface area contributed by atoms with Crippen LogP contribution in [0, 0.1) is 0 Å². The molecule has 0 spiro atoms. The molecule has 0 radical (unpaired) electrons. The lowest BCUT2D eigenvalue weighted by molar-refractivity contribution is 0.269. The minimum absolute atomic E-state index is 0.748. The standard InChI is InChI=1S/C9H10FN/c10-9-8-4-2-1-3-7(8)5-6-11-9/h1-4,9,11H,5-6H2. The molecule has 0 saturated heterocycles. The van der Waals surface area contributed by atoms with Crippen LogP contribution in [0.25, 0.3) is 0 Å². The van der Waals surface area contributed by atoms with Crippen LogP contribution >= 0.6 is 0 Å². The number of alkyl halides is 1. The first kappa shape index (κ1) is 6.80. The Kier molecular flexibility index (Phi) is 1.62. The van der Waals surface area contributed by atoms with Gasteiger partial charge in [-0.25, -0.2) is 4.39 Å². The predicted molar refractivity (Wildman–Crippen MR) is 42.0 cm³/mol. The Balaban J connectivity index is 2.44. The second-order valence-electron chi connectivity index (χ2n) is 2.77. The number of hydrogen-bond donors (Lipinski definition) is 1. The van der Waals surface area contributed by atoms with Crippen LogP contribution in [0.2, 0.25) is 0 Å². The Morgan fingerprint density at radius 2 is 2.18 bits per heavy atom. The molecule has 0 aromatic heterocycles. The van der Waals surface area contributed by atoms with Gasteiger partial charge in [0.1, 0.15) is 0 Å². The van der Waals surface area contributed by atoms with Crippen LogP contribution in [0.3, 0.4) is 0 Å². The maximum Gasteiger partial charge on any atom is 0.177 e. The van der Waals surface area contributed by atoms with E-state index in [1.807, 2.05) is 24.3 Å². The Morgan fingerprint density at radius 3 is 3.00 bits per heavy atom. The zero-order valence-corrected chi connectivity index (χ0v) is 6.18. The Hall–Kier alpha value is -0.890. The lowest BCUT2D eigenvalue weighted by atomic mass is 10.0. The SMILES string of the molecule is FC1NCCc2ccccc21. The van der Waals surface area contributed by atoms with Crippen LogP contribution in [0.5, 0.6) is 0 Å². The zero-order chi connectivity index (χ0) is 7.68. The highest BCUT2D eigenvalue weighted by atomic mass is 19.1. The van der Waals surface area contributed by atoms with Crippen molar-refractivity contribution in [1.29, 1.82) is 0 Å². The minimum atomic E-state index is -0.958. The maximum atomic E-state index is 13.1. The number of rotatable bonds is 0. The van der Waals surface area contributed by atoms with Crippen LogP contribution in [0.4, 0.5) is 4.39 Å². The van der Waals surface area contributed by atoms with Gasteiger partial charge in [-0.2, -0.15) is 0 Å². The van der Waals surface area contributed by atoms with Gasteiger partial charge < -0.3 is 0 Å². The average Bonchev–Trinajstić information content (AvgIpc) is 2.06.